The largest absolute Gasteiger partial charge is 0.377 e. The van der Waals surface area contributed by atoms with Gasteiger partial charge in [-0.25, -0.2) is 5.84 Å². The van der Waals surface area contributed by atoms with Gasteiger partial charge in [0.25, 0.3) is 0 Å². The van der Waals surface area contributed by atoms with Crippen molar-refractivity contribution in [1.82, 2.24) is 10.3 Å². The van der Waals surface area contributed by atoms with Crippen molar-refractivity contribution >= 4 is 5.96 Å². The third-order valence-corrected chi connectivity index (χ3v) is 2.56. The molecule has 0 radical (unpaired) electrons. The normalized spacial score (nSPS) is 27.2. The molecule has 1 aliphatic heterocycles. The summed E-state index contributed by atoms with van der Waals surface area (Å²) < 4.78 is 10.7. The molecule has 6 heteroatoms. The molecule has 0 aliphatic carbocycles. The number of likely N-dealkylation sites (tertiary alicyclic amines) is 1. The summed E-state index contributed by atoms with van der Waals surface area (Å²) in [6, 6.07) is 0. The highest BCUT2D eigenvalue weighted by Crippen LogP contribution is 2.15. The van der Waals surface area contributed by atoms with Gasteiger partial charge in [0, 0.05) is 33.9 Å². The van der Waals surface area contributed by atoms with Crippen molar-refractivity contribution in [1.29, 1.82) is 0 Å². The lowest BCUT2D eigenvalue weighted by Crippen LogP contribution is -2.44. The zero-order chi connectivity index (χ0) is 11.3. The van der Waals surface area contributed by atoms with Crippen LogP contribution in [0.1, 0.15) is 6.92 Å². The predicted octanol–water partition coefficient (Wildman–Crippen LogP) is -0.829. The Balaban J connectivity index is 2.62. The molecule has 0 aromatic heterocycles. The highest BCUT2D eigenvalue weighted by molar-refractivity contribution is 5.79. The molecule has 0 aromatic carbocycles. The van der Waals surface area contributed by atoms with Crippen LogP contribution in [0.2, 0.25) is 0 Å². The van der Waals surface area contributed by atoms with Crippen LogP contribution in [0, 0.1) is 0 Å². The summed E-state index contributed by atoms with van der Waals surface area (Å²) in [5.41, 5.74) is 2.60. The number of aliphatic imine (C=N–C) groups is 1. The van der Waals surface area contributed by atoms with E-state index in [-0.39, 0.29) is 12.2 Å². The van der Waals surface area contributed by atoms with Gasteiger partial charge in [-0.2, -0.15) is 0 Å². The fourth-order valence-electron chi connectivity index (χ4n) is 1.76. The SMILES string of the molecule is CCN=C(NN)N1CC(OC)C(OC)C1. The van der Waals surface area contributed by atoms with Crippen molar-refractivity contribution in [3.8, 4) is 0 Å². The van der Waals surface area contributed by atoms with E-state index in [9.17, 15) is 0 Å². The second-order valence-corrected chi connectivity index (χ2v) is 3.40. The van der Waals surface area contributed by atoms with E-state index >= 15 is 0 Å². The topological polar surface area (TPSA) is 72.1 Å². The molecule has 0 aromatic rings. The fourth-order valence-corrected chi connectivity index (χ4v) is 1.76. The molecule has 0 spiro atoms. The lowest BCUT2D eigenvalue weighted by Gasteiger charge is -2.19. The minimum atomic E-state index is 0.0745. The minimum Gasteiger partial charge on any atom is -0.377 e. The number of nitrogens with two attached hydrogens (primary N) is 1. The molecule has 0 amide bonds. The number of nitrogens with one attached hydrogen (secondary N) is 1. The number of hydrogen-bond donors (Lipinski definition) is 2. The van der Waals surface area contributed by atoms with Gasteiger partial charge in [-0.1, -0.05) is 0 Å². The van der Waals surface area contributed by atoms with Gasteiger partial charge in [-0.3, -0.25) is 10.4 Å². The van der Waals surface area contributed by atoms with Crippen LogP contribution in [-0.2, 0) is 9.47 Å². The van der Waals surface area contributed by atoms with Crippen LogP contribution in [0.15, 0.2) is 4.99 Å². The van der Waals surface area contributed by atoms with E-state index in [1.807, 2.05) is 11.8 Å². The number of guanidine groups is 1. The standard InChI is InChI=1S/C9H20N4O2/c1-4-11-9(12-10)13-5-7(14-2)8(6-13)15-3/h7-8H,4-6,10H2,1-3H3,(H,11,12). The summed E-state index contributed by atoms with van der Waals surface area (Å²) in [5, 5.41) is 0. The van der Waals surface area contributed by atoms with Crippen LogP contribution in [-0.4, -0.2) is 56.9 Å². The summed E-state index contributed by atoms with van der Waals surface area (Å²) in [5.74, 6) is 6.10. The lowest BCUT2D eigenvalue weighted by molar-refractivity contribution is -0.00461. The Morgan fingerprint density at radius 1 is 1.40 bits per heavy atom. The monoisotopic (exact) mass is 216 g/mol. The number of rotatable bonds is 3. The van der Waals surface area contributed by atoms with Crippen molar-refractivity contribution in [3.05, 3.63) is 0 Å². The van der Waals surface area contributed by atoms with Crippen molar-refractivity contribution in [2.75, 3.05) is 33.9 Å². The number of hydrazine groups is 1. The first-order chi connectivity index (χ1) is 7.26. The molecule has 88 valence electrons. The van der Waals surface area contributed by atoms with Crippen LogP contribution in [0.4, 0.5) is 0 Å². The first-order valence-electron chi connectivity index (χ1n) is 5.08. The minimum absolute atomic E-state index is 0.0745. The molecule has 1 fully saturated rings. The van der Waals surface area contributed by atoms with E-state index in [0.717, 1.165) is 13.1 Å². The molecule has 1 heterocycles. The van der Waals surface area contributed by atoms with E-state index in [4.69, 9.17) is 15.3 Å². The molecule has 0 bridgehead atoms. The van der Waals surface area contributed by atoms with Gasteiger partial charge < -0.3 is 14.4 Å². The summed E-state index contributed by atoms with van der Waals surface area (Å²) in [6.07, 6.45) is 0.149. The third-order valence-electron chi connectivity index (χ3n) is 2.56. The smallest absolute Gasteiger partial charge is 0.208 e. The van der Waals surface area contributed by atoms with Crippen molar-refractivity contribution < 1.29 is 9.47 Å². The van der Waals surface area contributed by atoms with Crippen LogP contribution in [0.25, 0.3) is 0 Å². The van der Waals surface area contributed by atoms with Crippen LogP contribution < -0.4 is 11.3 Å². The van der Waals surface area contributed by atoms with E-state index < -0.39 is 0 Å². The number of ether oxygens (including phenoxy) is 2. The number of methoxy groups -OCH3 is 2. The quantitative estimate of drug-likeness (QED) is 0.279. The maximum absolute atomic E-state index is 5.41. The molecule has 15 heavy (non-hydrogen) atoms. The maximum atomic E-state index is 5.41. The third kappa shape index (κ3) is 2.80. The van der Waals surface area contributed by atoms with Gasteiger partial charge in [0.15, 0.2) is 0 Å². The predicted molar refractivity (Wildman–Crippen MR) is 58.5 cm³/mol. The zero-order valence-electron chi connectivity index (χ0n) is 9.56. The Hall–Kier alpha value is -0.850. The maximum Gasteiger partial charge on any atom is 0.208 e. The van der Waals surface area contributed by atoms with Gasteiger partial charge in [0.1, 0.15) is 12.2 Å². The zero-order valence-corrected chi connectivity index (χ0v) is 9.56. The van der Waals surface area contributed by atoms with Gasteiger partial charge in [0.05, 0.1) is 0 Å². The van der Waals surface area contributed by atoms with E-state index in [1.165, 1.54) is 0 Å². The average molecular weight is 216 g/mol. The van der Waals surface area contributed by atoms with E-state index in [2.05, 4.69) is 10.4 Å². The molecule has 2 atom stereocenters. The Kier molecular flexibility index (Phi) is 4.80. The Morgan fingerprint density at radius 2 is 1.93 bits per heavy atom. The Morgan fingerprint density at radius 3 is 2.27 bits per heavy atom. The molecular formula is C9H20N4O2. The second kappa shape index (κ2) is 5.89. The lowest BCUT2D eigenvalue weighted by atomic mass is 10.3. The molecule has 6 nitrogen and oxygen atoms in total. The van der Waals surface area contributed by atoms with Gasteiger partial charge in [-0.15, -0.1) is 0 Å². The fraction of sp³-hybridized carbons (Fsp3) is 0.889. The summed E-state index contributed by atoms with van der Waals surface area (Å²) in [7, 11) is 3.37. The van der Waals surface area contributed by atoms with Gasteiger partial charge in [-0.05, 0) is 6.92 Å². The van der Waals surface area contributed by atoms with Crippen molar-refractivity contribution in [3.63, 3.8) is 0 Å². The van der Waals surface area contributed by atoms with E-state index in [1.54, 1.807) is 14.2 Å². The molecule has 0 saturated carbocycles. The first kappa shape index (κ1) is 12.2. The molecule has 3 N–H and O–H groups in total. The Bertz CT molecular complexity index is 210. The second-order valence-electron chi connectivity index (χ2n) is 3.40. The summed E-state index contributed by atoms with van der Waals surface area (Å²) in [4.78, 5) is 6.29. The summed E-state index contributed by atoms with van der Waals surface area (Å²) in [6.45, 7) is 4.16. The van der Waals surface area contributed by atoms with Crippen molar-refractivity contribution in [2.45, 2.75) is 19.1 Å². The van der Waals surface area contributed by atoms with Crippen LogP contribution >= 0.6 is 0 Å². The molecule has 2 unspecified atom stereocenters. The number of hydrogen-bond acceptors (Lipinski definition) is 4. The molecular weight excluding hydrogens is 196 g/mol. The summed E-state index contributed by atoms with van der Waals surface area (Å²) >= 11 is 0. The highest BCUT2D eigenvalue weighted by Gasteiger charge is 2.34. The van der Waals surface area contributed by atoms with Gasteiger partial charge in [0.2, 0.25) is 5.96 Å². The van der Waals surface area contributed by atoms with Crippen LogP contribution in [0.3, 0.4) is 0 Å². The average Bonchev–Trinajstić information content (AvgIpc) is 2.68. The first-order valence-corrected chi connectivity index (χ1v) is 5.08. The highest BCUT2D eigenvalue weighted by atomic mass is 16.5. The Labute approximate surface area is 90.4 Å². The number of nitrogens with zero attached hydrogens (tertiary/aromatic N) is 2. The van der Waals surface area contributed by atoms with Crippen LogP contribution in [0.5, 0.6) is 0 Å². The van der Waals surface area contributed by atoms with Gasteiger partial charge >= 0.3 is 0 Å². The van der Waals surface area contributed by atoms with E-state index in [0.29, 0.717) is 12.5 Å². The molecule has 1 aliphatic rings. The van der Waals surface area contributed by atoms with Crippen molar-refractivity contribution in [2.24, 2.45) is 10.8 Å². The molecule has 1 rings (SSSR count). The molecule has 1 saturated heterocycles.